The van der Waals surface area contributed by atoms with Crippen molar-refractivity contribution >= 4 is 23.3 Å². The van der Waals surface area contributed by atoms with E-state index in [2.05, 4.69) is 10.3 Å². The number of likely N-dealkylation sites (tertiary alicyclic amines) is 1. The zero-order valence-corrected chi connectivity index (χ0v) is 21.6. The molecule has 1 saturated heterocycles. The number of aromatic nitrogens is 3. The second-order valence-corrected chi connectivity index (χ2v) is 9.95. The number of amides is 1. The first-order valence-corrected chi connectivity index (χ1v) is 12.8. The van der Waals surface area contributed by atoms with Gasteiger partial charge in [-0.25, -0.2) is 13.5 Å². The van der Waals surface area contributed by atoms with Gasteiger partial charge in [0, 0.05) is 24.2 Å². The van der Waals surface area contributed by atoms with E-state index in [1.165, 1.54) is 47.3 Å². The molecule has 4 aromatic rings. The molecule has 0 radical (unpaired) electrons. The topological polar surface area (TPSA) is 77.3 Å². The van der Waals surface area contributed by atoms with Gasteiger partial charge >= 0.3 is 0 Å². The van der Waals surface area contributed by atoms with Crippen molar-refractivity contribution in [2.24, 2.45) is 5.92 Å². The summed E-state index contributed by atoms with van der Waals surface area (Å²) in [6.45, 7) is 0.352. The van der Waals surface area contributed by atoms with Gasteiger partial charge in [0.1, 0.15) is 29.7 Å². The number of Topliss-reactive ketones (excluding diaryl/α,β-unsaturated/α-hetero) is 1. The molecule has 39 heavy (non-hydrogen) atoms. The number of ketones is 1. The summed E-state index contributed by atoms with van der Waals surface area (Å²) in [5.41, 5.74) is 1.55. The van der Waals surface area contributed by atoms with Gasteiger partial charge in [-0.1, -0.05) is 35.0 Å². The van der Waals surface area contributed by atoms with Crippen LogP contribution in [0.3, 0.4) is 0 Å². The maximum atomic E-state index is 13.5. The van der Waals surface area contributed by atoms with Crippen molar-refractivity contribution in [2.75, 3.05) is 6.54 Å². The highest BCUT2D eigenvalue weighted by Gasteiger charge is 2.39. The molecule has 0 bridgehead atoms. The summed E-state index contributed by atoms with van der Waals surface area (Å²) in [6, 6.07) is 16.4. The first kappa shape index (κ1) is 26.5. The summed E-state index contributed by atoms with van der Waals surface area (Å²) in [7, 11) is 0. The van der Waals surface area contributed by atoms with Gasteiger partial charge < -0.3 is 9.64 Å². The fourth-order valence-electron chi connectivity index (χ4n) is 4.83. The fourth-order valence-corrected chi connectivity index (χ4v) is 5.07. The highest BCUT2D eigenvalue weighted by Crippen LogP contribution is 2.31. The predicted molar refractivity (Wildman–Crippen MR) is 140 cm³/mol. The zero-order chi connectivity index (χ0) is 27.4. The number of hydrogen-bond donors (Lipinski definition) is 0. The molecule has 200 valence electrons. The summed E-state index contributed by atoms with van der Waals surface area (Å²) >= 11 is 6.25. The molecule has 2 heterocycles. The van der Waals surface area contributed by atoms with Crippen molar-refractivity contribution in [3.05, 3.63) is 107 Å². The number of hydrogen-bond acceptors (Lipinski definition) is 5. The van der Waals surface area contributed by atoms with E-state index in [1.807, 2.05) is 0 Å². The Kier molecular flexibility index (Phi) is 7.97. The smallest absolute Gasteiger partial charge is 0.244 e. The molecule has 1 fully saturated rings. The highest BCUT2D eigenvalue weighted by atomic mass is 35.5. The molecule has 7 nitrogen and oxygen atoms in total. The van der Waals surface area contributed by atoms with E-state index in [4.69, 9.17) is 16.3 Å². The number of nitrogens with zero attached hydrogens (tertiary/aromatic N) is 4. The molecule has 0 saturated carbocycles. The summed E-state index contributed by atoms with van der Waals surface area (Å²) in [5, 5.41) is 7.93. The number of carbonyl (C=O) groups excluding carboxylic acids is 2. The molecule has 0 spiro atoms. The number of ether oxygens (including phenoxy) is 1. The van der Waals surface area contributed by atoms with Crippen molar-refractivity contribution in [1.82, 2.24) is 19.9 Å². The van der Waals surface area contributed by atoms with E-state index in [9.17, 15) is 18.4 Å². The lowest BCUT2D eigenvalue weighted by molar-refractivity contribution is -0.138. The van der Waals surface area contributed by atoms with E-state index in [1.54, 1.807) is 41.4 Å². The summed E-state index contributed by atoms with van der Waals surface area (Å²) in [4.78, 5) is 28.3. The Morgan fingerprint density at radius 3 is 2.33 bits per heavy atom. The van der Waals surface area contributed by atoms with Crippen molar-refractivity contribution in [2.45, 2.75) is 31.8 Å². The Labute approximate surface area is 229 Å². The Morgan fingerprint density at radius 2 is 1.67 bits per heavy atom. The van der Waals surface area contributed by atoms with Crippen LogP contribution in [0.2, 0.25) is 5.02 Å². The van der Waals surface area contributed by atoms with Crippen LogP contribution in [0, 0.1) is 17.6 Å². The molecule has 5 rings (SSSR count). The lowest BCUT2D eigenvalue weighted by Crippen LogP contribution is -2.42. The zero-order valence-electron chi connectivity index (χ0n) is 20.8. The van der Waals surface area contributed by atoms with Crippen LogP contribution in [0.25, 0.3) is 0 Å². The average molecular weight is 551 g/mol. The third kappa shape index (κ3) is 6.67. The number of rotatable bonds is 9. The van der Waals surface area contributed by atoms with Gasteiger partial charge in [-0.05, 0) is 78.4 Å². The number of halogens is 3. The molecular formula is C29H25ClF2N4O3. The molecular weight excluding hydrogens is 526 g/mol. The van der Waals surface area contributed by atoms with Gasteiger partial charge in [0.25, 0.3) is 0 Å². The monoisotopic (exact) mass is 550 g/mol. The van der Waals surface area contributed by atoms with E-state index in [-0.39, 0.29) is 36.4 Å². The highest BCUT2D eigenvalue weighted by molar-refractivity contribution is 6.31. The molecule has 0 unspecified atom stereocenters. The van der Waals surface area contributed by atoms with Gasteiger partial charge in [0.15, 0.2) is 5.78 Å². The minimum Gasteiger partial charge on any atom is -0.457 e. The lowest BCUT2D eigenvalue weighted by atomic mass is 9.94. The summed E-state index contributed by atoms with van der Waals surface area (Å²) in [5.74, 6) is -0.0361. The van der Waals surface area contributed by atoms with Crippen LogP contribution in [-0.4, -0.2) is 44.2 Å². The number of carbonyl (C=O) groups is 2. The van der Waals surface area contributed by atoms with Gasteiger partial charge in [-0.3, -0.25) is 9.59 Å². The van der Waals surface area contributed by atoms with E-state index in [0.717, 1.165) is 11.1 Å². The molecule has 1 aromatic heterocycles. The third-order valence-electron chi connectivity index (χ3n) is 6.72. The van der Waals surface area contributed by atoms with Crippen LogP contribution in [0.1, 0.15) is 17.5 Å². The molecule has 0 aliphatic carbocycles. The Hall–Kier alpha value is -4.11. The van der Waals surface area contributed by atoms with Crippen LogP contribution in [0.15, 0.2) is 79.1 Å². The van der Waals surface area contributed by atoms with E-state index < -0.39 is 11.9 Å². The predicted octanol–water partition coefficient (Wildman–Crippen LogP) is 5.27. The van der Waals surface area contributed by atoms with Crippen molar-refractivity contribution in [3.8, 4) is 11.5 Å². The van der Waals surface area contributed by atoms with Crippen molar-refractivity contribution < 1.29 is 23.1 Å². The molecule has 2 atom stereocenters. The summed E-state index contributed by atoms with van der Waals surface area (Å²) in [6.07, 6.45) is 4.21. The third-order valence-corrected chi connectivity index (χ3v) is 7.08. The second-order valence-electron chi connectivity index (χ2n) is 9.55. The van der Waals surface area contributed by atoms with Crippen molar-refractivity contribution in [1.29, 1.82) is 0 Å². The quantitative estimate of drug-likeness (QED) is 0.284. The van der Waals surface area contributed by atoms with E-state index in [0.29, 0.717) is 35.9 Å². The maximum Gasteiger partial charge on any atom is 0.244 e. The molecule has 3 aromatic carbocycles. The minimum atomic E-state index is -0.611. The van der Waals surface area contributed by atoms with Crippen LogP contribution in [-0.2, 0) is 29.0 Å². The second kappa shape index (κ2) is 11.7. The normalized spacial score (nSPS) is 16.8. The fraction of sp³-hybridized carbons (Fsp3) is 0.241. The standard InChI is InChI=1S/C29H25ClF2N4O3/c30-26-16-23(32)4-3-21(26)13-20-14-27(36(17-20)29(38)18-35-12-11-33-34-35)28(37)15-19-1-7-24(8-2-19)39-25-9-5-22(31)6-10-25/h1-12,16,20,27H,13-15,17-18H2/t20-,27+/m1/s1. The maximum absolute atomic E-state index is 13.5. The van der Waals surface area contributed by atoms with Gasteiger partial charge in [0.2, 0.25) is 5.91 Å². The summed E-state index contributed by atoms with van der Waals surface area (Å²) < 4.78 is 33.8. The largest absolute Gasteiger partial charge is 0.457 e. The molecule has 1 aliphatic rings. The molecule has 0 N–H and O–H groups in total. The molecule has 10 heteroatoms. The first-order chi connectivity index (χ1) is 18.8. The first-order valence-electron chi connectivity index (χ1n) is 12.5. The average Bonchev–Trinajstić information content (AvgIpc) is 3.58. The molecule has 1 amide bonds. The number of benzene rings is 3. The van der Waals surface area contributed by atoms with Gasteiger partial charge in [0.05, 0.1) is 12.2 Å². The Balaban J connectivity index is 1.28. The Morgan fingerprint density at radius 1 is 0.974 bits per heavy atom. The van der Waals surface area contributed by atoms with E-state index >= 15 is 0 Å². The van der Waals surface area contributed by atoms with Crippen LogP contribution >= 0.6 is 11.6 Å². The van der Waals surface area contributed by atoms with Crippen LogP contribution in [0.5, 0.6) is 11.5 Å². The molecule has 1 aliphatic heterocycles. The van der Waals surface area contributed by atoms with Crippen LogP contribution < -0.4 is 4.74 Å². The minimum absolute atomic E-state index is 0.0203. The Bertz CT molecular complexity index is 1450. The van der Waals surface area contributed by atoms with Gasteiger partial charge in [-0.15, -0.1) is 5.10 Å². The van der Waals surface area contributed by atoms with Gasteiger partial charge in [-0.2, -0.15) is 0 Å². The SMILES string of the molecule is O=C(Cc1ccc(Oc2ccc(F)cc2)cc1)[C@@H]1C[C@@H](Cc2ccc(F)cc2Cl)CN1C(=O)Cn1ccnn1. The van der Waals surface area contributed by atoms with Crippen LogP contribution in [0.4, 0.5) is 8.78 Å². The lowest BCUT2D eigenvalue weighted by Gasteiger charge is -2.23. The van der Waals surface area contributed by atoms with Crippen molar-refractivity contribution in [3.63, 3.8) is 0 Å².